The van der Waals surface area contributed by atoms with Gasteiger partial charge in [0.1, 0.15) is 0 Å². The van der Waals surface area contributed by atoms with Gasteiger partial charge in [-0.2, -0.15) is 0 Å². The zero-order valence-corrected chi connectivity index (χ0v) is 8.93. The molecule has 0 heterocycles. The van der Waals surface area contributed by atoms with Crippen molar-refractivity contribution in [1.82, 2.24) is 0 Å². The van der Waals surface area contributed by atoms with Crippen LogP contribution in [0.2, 0.25) is 0 Å². The van der Waals surface area contributed by atoms with Gasteiger partial charge in [0.25, 0.3) is 0 Å². The molecule has 0 fully saturated rings. The lowest BCUT2D eigenvalue weighted by atomic mass is 10.2. The minimum absolute atomic E-state index is 0.908. The topological polar surface area (TPSA) is 32.6 Å². The molecule has 0 bridgehead atoms. The van der Waals surface area contributed by atoms with Crippen LogP contribution in [0, 0.1) is 0 Å². The molecule has 0 aliphatic carbocycles. The van der Waals surface area contributed by atoms with Crippen LogP contribution >= 0.6 is 0 Å². The van der Waals surface area contributed by atoms with Gasteiger partial charge in [-0.1, -0.05) is 26.2 Å². The molecular weight excluding hydrogens is 142 g/mol. The van der Waals surface area contributed by atoms with Crippen molar-refractivity contribution in [3.63, 3.8) is 0 Å². The molecule has 0 amide bonds. The second-order valence-corrected chi connectivity index (χ2v) is 3.80. The summed E-state index contributed by atoms with van der Waals surface area (Å²) >= 11 is 0. The molecule has 3 heteroatoms. The van der Waals surface area contributed by atoms with Gasteiger partial charge in [-0.15, -0.1) is 5.16 Å². The highest BCUT2D eigenvalue weighted by Gasteiger charge is 1.90. The number of oxime groups is 1. The van der Waals surface area contributed by atoms with E-state index in [1.165, 1.54) is 25.7 Å². The monoisotopic (exact) mass is 159 g/mol. The Morgan fingerprint density at radius 2 is 2.10 bits per heavy atom. The van der Waals surface area contributed by atoms with E-state index in [2.05, 4.69) is 12.1 Å². The number of unbranched alkanes of at least 4 members (excludes halogenated alkanes) is 3. The average Bonchev–Trinajstić information content (AvgIpc) is 1.98. The van der Waals surface area contributed by atoms with E-state index in [1.54, 1.807) is 0 Å². The number of hydrogen-bond donors (Lipinski definition) is 1. The Kier molecular flexibility index (Phi) is 6.59. The van der Waals surface area contributed by atoms with E-state index in [9.17, 15) is 0 Å². The molecule has 2 nitrogen and oxygen atoms in total. The van der Waals surface area contributed by atoms with Crippen molar-refractivity contribution in [3.05, 3.63) is 0 Å². The summed E-state index contributed by atoms with van der Waals surface area (Å²) in [5.74, 6) is 0. The number of hydrogen-bond acceptors (Lipinski definition) is 2. The molecule has 0 radical (unpaired) electrons. The van der Waals surface area contributed by atoms with Crippen LogP contribution in [0.5, 0.6) is 0 Å². The van der Waals surface area contributed by atoms with Gasteiger partial charge in [0.05, 0.1) is 10.2 Å². The van der Waals surface area contributed by atoms with Crippen LogP contribution in [-0.4, -0.2) is 20.8 Å². The summed E-state index contributed by atoms with van der Waals surface area (Å²) in [5.41, 5.74) is 0. The van der Waals surface area contributed by atoms with Gasteiger partial charge in [-0.3, -0.25) is 0 Å². The Morgan fingerprint density at radius 1 is 1.40 bits per heavy atom. The molecule has 0 spiro atoms. The Hall–Kier alpha value is -0.313. The van der Waals surface area contributed by atoms with Crippen LogP contribution in [-0.2, 0) is 0 Å². The average molecular weight is 159 g/mol. The summed E-state index contributed by atoms with van der Waals surface area (Å²) in [6, 6.07) is 0. The molecule has 0 aliphatic heterocycles. The fourth-order valence-electron chi connectivity index (χ4n) is 0.858. The van der Waals surface area contributed by atoms with E-state index in [-0.39, 0.29) is 0 Å². The van der Waals surface area contributed by atoms with Crippen LogP contribution in [0.15, 0.2) is 5.16 Å². The summed E-state index contributed by atoms with van der Waals surface area (Å²) in [5, 5.41) is 12.5. The maximum Gasteiger partial charge on any atom is 0.0613 e. The predicted octanol–water partition coefficient (Wildman–Crippen LogP) is 1.11. The molecule has 0 aromatic heterocycles. The summed E-state index contributed by atoms with van der Waals surface area (Å²) in [6.07, 6.45) is 6.05. The minimum atomic E-state index is 0.908. The summed E-state index contributed by atoms with van der Waals surface area (Å²) in [4.78, 5) is 0. The molecular formula is C7H17NOSi. The van der Waals surface area contributed by atoms with E-state index >= 15 is 0 Å². The van der Waals surface area contributed by atoms with E-state index in [4.69, 9.17) is 5.21 Å². The van der Waals surface area contributed by atoms with Gasteiger partial charge in [0, 0.05) is 5.33 Å². The molecule has 0 aliphatic rings. The Bertz CT molecular complexity index is 104. The van der Waals surface area contributed by atoms with Crippen molar-refractivity contribution in [1.29, 1.82) is 0 Å². The highest BCUT2D eigenvalue weighted by molar-refractivity contribution is 6.59. The Labute approximate surface area is 65.7 Å². The first-order valence-electron chi connectivity index (χ1n) is 3.98. The van der Waals surface area contributed by atoms with Crippen LogP contribution in [0.4, 0.5) is 0 Å². The highest BCUT2D eigenvalue weighted by Crippen LogP contribution is 2.01. The SMILES string of the molecule is CCCCCCC([SiH3])=NO. The van der Waals surface area contributed by atoms with Crippen molar-refractivity contribution >= 4 is 15.6 Å². The lowest BCUT2D eigenvalue weighted by molar-refractivity contribution is 0.319. The lowest BCUT2D eigenvalue weighted by Gasteiger charge is -1.96. The van der Waals surface area contributed by atoms with Crippen LogP contribution in [0.1, 0.15) is 39.0 Å². The zero-order chi connectivity index (χ0) is 7.82. The second-order valence-electron chi connectivity index (χ2n) is 2.65. The van der Waals surface area contributed by atoms with Crippen molar-refractivity contribution in [2.24, 2.45) is 5.16 Å². The van der Waals surface area contributed by atoms with E-state index in [1.807, 2.05) is 0 Å². The Morgan fingerprint density at radius 3 is 2.60 bits per heavy atom. The molecule has 60 valence electrons. The predicted molar refractivity (Wildman–Crippen MR) is 47.9 cm³/mol. The van der Waals surface area contributed by atoms with Gasteiger partial charge in [-0.05, 0) is 12.8 Å². The number of nitrogens with zero attached hydrogens (tertiary/aromatic N) is 1. The van der Waals surface area contributed by atoms with Gasteiger partial charge in [0.2, 0.25) is 0 Å². The summed E-state index contributed by atoms with van der Waals surface area (Å²) in [6.45, 7) is 2.20. The first-order chi connectivity index (χ1) is 4.81. The molecule has 0 aromatic rings. The standard InChI is InChI=1S/C7H17NOSi/c1-2-3-4-5-6-7(10)8-9/h9H,2-6H2,1,10H3. The largest absolute Gasteiger partial charge is 0.411 e. The first-order valence-corrected chi connectivity index (χ1v) is 4.98. The molecule has 0 atom stereocenters. The molecule has 0 rings (SSSR count). The minimum Gasteiger partial charge on any atom is -0.411 e. The lowest BCUT2D eigenvalue weighted by Crippen LogP contribution is -1.96. The molecule has 0 saturated carbocycles. The fourth-order valence-corrected chi connectivity index (χ4v) is 1.21. The molecule has 10 heavy (non-hydrogen) atoms. The smallest absolute Gasteiger partial charge is 0.0613 e. The van der Waals surface area contributed by atoms with Crippen LogP contribution < -0.4 is 0 Å². The summed E-state index contributed by atoms with van der Waals surface area (Å²) < 4.78 is 0. The summed E-state index contributed by atoms with van der Waals surface area (Å²) in [7, 11) is 0.908. The zero-order valence-electron chi connectivity index (χ0n) is 6.93. The van der Waals surface area contributed by atoms with Gasteiger partial charge in [-0.25, -0.2) is 0 Å². The van der Waals surface area contributed by atoms with Crippen molar-refractivity contribution in [2.45, 2.75) is 39.0 Å². The quantitative estimate of drug-likeness (QED) is 0.210. The van der Waals surface area contributed by atoms with Crippen LogP contribution in [0.25, 0.3) is 0 Å². The Balaban J connectivity index is 3.04. The maximum absolute atomic E-state index is 8.31. The first kappa shape index (κ1) is 9.69. The van der Waals surface area contributed by atoms with Crippen molar-refractivity contribution in [3.8, 4) is 0 Å². The van der Waals surface area contributed by atoms with Gasteiger partial charge in [0.15, 0.2) is 0 Å². The highest BCUT2D eigenvalue weighted by atomic mass is 28.1. The molecule has 0 unspecified atom stereocenters. The van der Waals surface area contributed by atoms with E-state index in [0.717, 1.165) is 22.0 Å². The van der Waals surface area contributed by atoms with E-state index < -0.39 is 0 Å². The van der Waals surface area contributed by atoms with Gasteiger partial charge >= 0.3 is 0 Å². The third-order valence-electron chi connectivity index (χ3n) is 1.56. The maximum atomic E-state index is 8.31. The molecule has 0 saturated heterocycles. The molecule has 0 aromatic carbocycles. The fraction of sp³-hybridized carbons (Fsp3) is 0.857. The second kappa shape index (κ2) is 6.80. The van der Waals surface area contributed by atoms with Gasteiger partial charge < -0.3 is 5.21 Å². The van der Waals surface area contributed by atoms with E-state index in [0.29, 0.717) is 0 Å². The van der Waals surface area contributed by atoms with Crippen LogP contribution in [0.3, 0.4) is 0 Å². The third kappa shape index (κ3) is 5.82. The normalized spacial score (nSPS) is 12.3. The van der Waals surface area contributed by atoms with Crippen molar-refractivity contribution < 1.29 is 5.21 Å². The molecule has 1 N–H and O–H groups in total. The van der Waals surface area contributed by atoms with Crippen molar-refractivity contribution in [2.75, 3.05) is 0 Å². The number of rotatable bonds is 5. The third-order valence-corrected chi connectivity index (χ3v) is 2.26.